The van der Waals surface area contributed by atoms with Crippen molar-refractivity contribution in [3.63, 3.8) is 0 Å². The lowest BCUT2D eigenvalue weighted by molar-refractivity contribution is 0.888. The van der Waals surface area contributed by atoms with Crippen LogP contribution in [0.5, 0.6) is 0 Å². The van der Waals surface area contributed by atoms with E-state index in [0.717, 1.165) is 39.6 Å². The van der Waals surface area contributed by atoms with Crippen LogP contribution in [-0.2, 0) is 6.42 Å². The molecule has 0 saturated carbocycles. The van der Waals surface area contributed by atoms with Gasteiger partial charge in [0.15, 0.2) is 0 Å². The van der Waals surface area contributed by atoms with Gasteiger partial charge in [-0.25, -0.2) is 0 Å². The van der Waals surface area contributed by atoms with Gasteiger partial charge in [0.25, 0.3) is 0 Å². The zero-order valence-corrected chi connectivity index (χ0v) is 17.6. The molecule has 0 unspecified atom stereocenters. The highest BCUT2D eigenvalue weighted by atomic mass is 79.9. The number of hydrogen-bond donors (Lipinski definition) is 0. The van der Waals surface area contributed by atoms with E-state index < -0.39 is 0 Å². The molecule has 0 aliphatic heterocycles. The second-order valence-electron chi connectivity index (χ2n) is 7.31. The third-order valence-electron chi connectivity index (χ3n) is 5.57. The predicted octanol–water partition coefficient (Wildman–Crippen LogP) is 6.76. The molecule has 0 spiro atoms. The first kappa shape index (κ1) is 18.4. The van der Waals surface area contributed by atoms with Crippen molar-refractivity contribution in [1.82, 2.24) is 4.57 Å². The van der Waals surface area contributed by atoms with Crippen LogP contribution in [-0.4, -0.2) is 4.57 Å². The Morgan fingerprint density at radius 3 is 2.63 bits per heavy atom. The Kier molecular flexibility index (Phi) is 4.51. The van der Waals surface area contributed by atoms with Gasteiger partial charge in [-0.3, -0.25) is 0 Å². The second kappa shape index (κ2) is 7.34. The van der Waals surface area contributed by atoms with Crippen LogP contribution in [0.4, 0.5) is 0 Å². The average Bonchev–Trinajstić information content (AvgIpc) is 3.12. The summed E-state index contributed by atoms with van der Waals surface area (Å²) in [5.74, 6) is 0. The van der Waals surface area contributed by atoms with Gasteiger partial charge in [0, 0.05) is 26.7 Å². The maximum Gasteiger partial charge on any atom is 0.101 e. The van der Waals surface area contributed by atoms with Gasteiger partial charge in [-0.05, 0) is 48.7 Å². The smallest absolute Gasteiger partial charge is 0.101 e. The molecule has 3 aromatic carbocycles. The average molecular weight is 450 g/mol. The molecule has 30 heavy (non-hydrogen) atoms. The maximum atomic E-state index is 9.98. The summed E-state index contributed by atoms with van der Waals surface area (Å²) in [6.07, 6.45) is 6.30. The molecule has 0 atom stereocenters. The fourth-order valence-electron chi connectivity index (χ4n) is 4.34. The van der Waals surface area contributed by atoms with Crippen LogP contribution >= 0.6 is 15.9 Å². The van der Waals surface area contributed by atoms with Gasteiger partial charge in [-0.1, -0.05) is 58.4 Å². The van der Waals surface area contributed by atoms with Crippen LogP contribution in [0.25, 0.3) is 33.8 Å². The normalized spacial score (nSPS) is 12.4. The van der Waals surface area contributed by atoms with Crippen LogP contribution in [0.1, 0.15) is 28.8 Å². The first-order valence-electron chi connectivity index (χ1n) is 9.74. The molecule has 3 nitrogen and oxygen atoms in total. The number of para-hydroxylation sites is 2. The SMILES string of the molecule is N#Cc1cc(Br)cc(-c2cccc(C#N)c2-n2c3c(c4ccccc42)C=CCC3)c1. The van der Waals surface area contributed by atoms with E-state index in [-0.39, 0.29) is 0 Å². The minimum atomic E-state index is 0.579. The van der Waals surface area contributed by atoms with E-state index in [4.69, 9.17) is 0 Å². The van der Waals surface area contributed by atoms with Crippen molar-refractivity contribution in [2.45, 2.75) is 12.8 Å². The number of fused-ring (bicyclic) bond motifs is 3. The lowest BCUT2D eigenvalue weighted by Gasteiger charge is -2.19. The number of rotatable bonds is 2. The number of benzene rings is 3. The highest BCUT2D eigenvalue weighted by Gasteiger charge is 2.22. The van der Waals surface area contributed by atoms with Crippen molar-refractivity contribution in [2.75, 3.05) is 0 Å². The van der Waals surface area contributed by atoms with E-state index >= 15 is 0 Å². The molecule has 1 aliphatic carbocycles. The van der Waals surface area contributed by atoms with Crippen molar-refractivity contribution >= 4 is 32.9 Å². The molecular weight excluding hydrogens is 434 g/mol. The van der Waals surface area contributed by atoms with E-state index in [1.807, 2.05) is 36.4 Å². The number of allylic oxidation sites excluding steroid dienone is 1. The number of halogens is 1. The van der Waals surface area contributed by atoms with Crippen molar-refractivity contribution in [1.29, 1.82) is 10.5 Å². The number of hydrogen-bond acceptors (Lipinski definition) is 2. The van der Waals surface area contributed by atoms with E-state index in [1.54, 1.807) is 6.07 Å². The first-order chi connectivity index (χ1) is 14.7. The van der Waals surface area contributed by atoms with Crippen molar-refractivity contribution < 1.29 is 0 Å². The third-order valence-corrected chi connectivity index (χ3v) is 6.02. The lowest BCUT2D eigenvalue weighted by atomic mass is 9.97. The Morgan fingerprint density at radius 2 is 1.80 bits per heavy atom. The second-order valence-corrected chi connectivity index (χ2v) is 8.22. The number of nitriles is 2. The summed E-state index contributed by atoms with van der Waals surface area (Å²) in [4.78, 5) is 0. The van der Waals surface area contributed by atoms with Gasteiger partial charge in [-0.2, -0.15) is 10.5 Å². The summed E-state index contributed by atoms with van der Waals surface area (Å²) in [6.45, 7) is 0. The Balaban J connectivity index is 1.91. The summed E-state index contributed by atoms with van der Waals surface area (Å²) in [6, 6.07) is 24.4. The fourth-order valence-corrected chi connectivity index (χ4v) is 4.84. The molecule has 1 heterocycles. The zero-order chi connectivity index (χ0) is 20.7. The third kappa shape index (κ3) is 2.86. The van der Waals surface area contributed by atoms with E-state index in [1.165, 1.54) is 16.6 Å². The largest absolute Gasteiger partial charge is 0.311 e. The molecule has 0 bridgehead atoms. The maximum absolute atomic E-state index is 9.98. The molecule has 1 aliphatic rings. The van der Waals surface area contributed by atoms with Crippen molar-refractivity contribution in [3.05, 3.63) is 93.6 Å². The molecule has 142 valence electrons. The van der Waals surface area contributed by atoms with Crippen LogP contribution in [0, 0.1) is 22.7 Å². The van der Waals surface area contributed by atoms with E-state index in [2.05, 4.69) is 63.0 Å². The zero-order valence-electron chi connectivity index (χ0n) is 16.1. The number of nitrogens with zero attached hydrogens (tertiary/aromatic N) is 3. The summed E-state index contributed by atoms with van der Waals surface area (Å²) >= 11 is 3.53. The summed E-state index contributed by atoms with van der Waals surface area (Å²) in [5.41, 5.74) is 7.44. The molecule has 4 aromatic rings. The van der Waals surface area contributed by atoms with E-state index in [0.29, 0.717) is 11.1 Å². The van der Waals surface area contributed by atoms with Crippen LogP contribution in [0.3, 0.4) is 0 Å². The molecule has 0 radical (unpaired) electrons. The van der Waals surface area contributed by atoms with Crippen LogP contribution in [0.15, 0.2) is 71.2 Å². The standard InChI is InChI=1S/C26H16BrN3/c27-20-13-17(15-28)12-19(14-20)21-9-5-6-18(16-29)26(21)30-24-10-3-1-7-22(24)23-8-2-4-11-25(23)30/h1-3,5-10,12-14H,4,11H2. The van der Waals surface area contributed by atoms with Gasteiger partial charge >= 0.3 is 0 Å². The molecular formula is C26H16BrN3. The van der Waals surface area contributed by atoms with Gasteiger partial charge in [0.1, 0.15) is 6.07 Å². The summed E-state index contributed by atoms with van der Waals surface area (Å²) in [5, 5.41) is 20.6. The molecule has 0 amide bonds. The molecule has 0 saturated heterocycles. The van der Waals surface area contributed by atoms with E-state index in [9.17, 15) is 10.5 Å². The van der Waals surface area contributed by atoms with Gasteiger partial charge in [0.05, 0.1) is 28.4 Å². The lowest BCUT2D eigenvalue weighted by Crippen LogP contribution is -2.06. The van der Waals surface area contributed by atoms with Gasteiger partial charge in [0.2, 0.25) is 0 Å². The topological polar surface area (TPSA) is 52.5 Å². The highest BCUT2D eigenvalue weighted by molar-refractivity contribution is 9.10. The predicted molar refractivity (Wildman–Crippen MR) is 123 cm³/mol. The monoisotopic (exact) mass is 449 g/mol. The van der Waals surface area contributed by atoms with Gasteiger partial charge in [-0.15, -0.1) is 0 Å². The quantitative estimate of drug-likeness (QED) is 0.339. The Bertz CT molecular complexity index is 1430. The van der Waals surface area contributed by atoms with Crippen molar-refractivity contribution in [3.8, 4) is 29.0 Å². The van der Waals surface area contributed by atoms with Gasteiger partial charge < -0.3 is 4.57 Å². The summed E-state index contributed by atoms with van der Waals surface area (Å²) < 4.78 is 3.09. The van der Waals surface area contributed by atoms with Crippen molar-refractivity contribution in [2.24, 2.45) is 0 Å². The number of aromatic nitrogens is 1. The Hall–Kier alpha value is -3.60. The minimum absolute atomic E-state index is 0.579. The molecule has 5 rings (SSSR count). The molecule has 0 N–H and O–H groups in total. The fraction of sp³-hybridized carbons (Fsp3) is 0.0769. The highest BCUT2D eigenvalue weighted by Crippen LogP contribution is 2.39. The van der Waals surface area contributed by atoms with Crippen LogP contribution < -0.4 is 0 Å². The molecule has 1 aromatic heterocycles. The summed E-state index contributed by atoms with van der Waals surface area (Å²) in [7, 11) is 0. The Morgan fingerprint density at radius 1 is 0.933 bits per heavy atom. The molecule has 0 fully saturated rings. The minimum Gasteiger partial charge on any atom is -0.311 e. The Labute approximate surface area is 183 Å². The first-order valence-corrected chi connectivity index (χ1v) is 10.5. The molecule has 4 heteroatoms. The van der Waals surface area contributed by atoms with Crippen LogP contribution in [0.2, 0.25) is 0 Å².